The number of hydrogen-bond donors (Lipinski definition) is 0. The average Bonchev–Trinajstić information content (AvgIpc) is 2.01. The molecule has 1 atom stereocenters. The molecular formula is C11H22N2O. The Bertz CT molecular complexity index is 201. The molecule has 1 rings (SSSR count). The summed E-state index contributed by atoms with van der Waals surface area (Å²) in [6.07, 6.45) is 1.89. The molecule has 1 saturated heterocycles. The summed E-state index contributed by atoms with van der Waals surface area (Å²) in [7, 11) is 4.14. The van der Waals surface area contributed by atoms with Crippen LogP contribution in [0, 0.1) is 5.92 Å². The first kappa shape index (κ1) is 11.5. The lowest BCUT2D eigenvalue weighted by atomic mass is 9.95. The molecule has 1 amide bonds. The Labute approximate surface area is 87.1 Å². The number of rotatable bonds is 3. The molecule has 0 spiro atoms. The largest absolute Gasteiger partial charge is 0.340 e. The SMILES string of the molecule is CC(C)N1CCC(CN(C)C)CC1=O. The van der Waals surface area contributed by atoms with Crippen molar-refractivity contribution >= 4 is 5.91 Å². The van der Waals surface area contributed by atoms with Gasteiger partial charge in [0, 0.05) is 25.6 Å². The Kier molecular flexibility index (Phi) is 3.93. The fourth-order valence-electron chi connectivity index (χ4n) is 2.13. The van der Waals surface area contributed by atoms with Crippen molar-refractivity contribution in [1.82, 2.24) is 9.80 Å². The zero-order chi connectivity index (χ0) is 10.7. The maximum atomic E-state index is 11.7. The van der Waals surface area contributed by atoms with E-state index >= 15 is 0 Å². The van der Waals surface area contributed by atoms with Gasteiger partial charge >= 0.3 is 0 Å². The quantitative estimate of drug-likeness (QED) is 0.680. The first-order chi connectivity index (χ1) is 6.50. The number of likely N-dealkylation sites (tertiary alicyclic amines) is 1. The van der Waals surface area contributed by atoms with Gasteiger partial charge in [0.2, 0.25) is 5.91 Å². The molecule has 82 valence electrons. The molecule has 1 aliphatic heterocycles. The first-order valence-electron chi connectivity index (χ1n) is 5.45. The van der Waals surface area contributed by atoms with E-state index < -0.39 is 0 Å². The molecule has 3 heteroatoms. The van der Waals surface area contributed by atoms with Gasteiger partial charge in [0.05, 0.1) is 0 Å². The molecule has 0 bridgehead atoms. The van der Waals surface area contributed by atoms with E-state index in [4.69, 9.17) is 0 Å². The second-order valence-corrected chi connectivity index (χ2v) is 4.80. The monoisotopic (exact) mass is 198 g/mol. The summed E-state index contributed by atoms with van der Waals surface area (Å²) in [5.41, 5.74) is 0. The lowest BCUT2D eigenvalue weighted by molar-refractivity contribution is -0.137. The van der Waals surface area contributed by atoms with Gasteiger partial charge in [-0.05, 0) is 40.3 Å². The van der Waals surface area contributed by atoms with Crippen LogP contribution >= 0.6 is 0 Å². The van der Waals surface area contributed by atoms with Crippen LogP contribution in [0.5, 0.6) is 0 Å². The Morgan fingerprint density at radius 2 is 2.14 bits per heavy atom. The summed E-state index contributed by atoms with van der Waals surface area (Å²) in [5, 5.41) is 0. The molecule has 0 aliphatic carbocycles. The minimum absolute atomic E-state index is 0.332. The zero-order valence-corrected chi connectivity index (χ0v) is 9.79. The van der Waals surface area contributed by atoms with Gasteiger partial charge < -0.3 is 9.80 Å². The van der Waals surface area contributed by atoms with Gasteiger partial charge in [0.25, 0.3) is 0 Å². The van der Waals surface area contributed by atoms with E-state index in [9.17, 15) is 4.79 Å². The number of hydrogen-bond acceptors (Lipinski definition) is 2. The van der Waals surface area contributed by atoms with E-state index in [1.807, 2.05) is 4.90 Å². The number of carbonyl (C=O) groups excluding carboxylic acids is 1. The molecule has 3 nitrogen and oxygen atoms in total. The summed E-state index contributed by atoms with van der Waals surface area (Å²) >= 11 is 0. The maximum absolute atomic E-state index is 11.7. The second-order valence-electron chi connectivity index (χ2n) is 4.80. The predicted octanol–water partition coefficient (Wildman–Crippen LogP) is 1.20. The van der Waals surface area contributed by atoms with E-state index in [1.165, 1.54) is 0 Å². The fraction of sp³-hybridized carbons (Fsp3) is 0.909. The van der Waals surface area contributed by atoms with Crippen molar-refractivity contribution in [3.8, 4) is 0 Å². The summed E-state index contributed by atoms with van der Waals surface area (Å²) in [6, 6.07) is 0.364. The molecule has 0 saturated carbocycles. The fourth-order valence-corrected chi connectivity index (χ4v) is 2.13. The van der Waals surface area contributed by atoms with Crippen molar-refractivity contribution in [3.05, 3.63) is 0 Å². The molecule has 14 heavy (non-hydrogen) atoms. The highest BCUT2D eigenvalue weighted by Crippen LogP contribution is 2.20. The van der Waals surface area contributed by atoms with Crippen LogP contribution < -0.4 is 0 Å². The standard InChI is InChI=1S/C11H22N2O/c1-9(2)13-6-5-10(7-11(13)14)8-12(3)4/h9-10H,5-8H2,1-4H3. The van der Waals surface area contributed by atoms with E-state index in [-0.39, 0.29) is 0 Å². The molecule has 1 heterocycles. The highest BCUT2D eigenvalue weighted by atomic mass is 16.2. The van der Waals surface area contributed by atoms with Crippen molar-refractivity contribution < 1.29 is 4.79 Å². The summed E-state index contributed by atoms with van der Waals surface area (Å²) in [4.78, 5) is 15.9. The van der Waals surface area contributed by atoms with Crippen LogP contribution in [0.3, 0.4) is 0 Å². The smallest absolute Gasteiger partial charge is 0.223 e. The normalized spacial score (nSPS) is 23.7. The summed E-state index contributed by atoms with van der Waals surface area (Å²) in [5.74, 6) is 0.894. The minimum Gasteiger partial charge on any atom is -0.340 e. The van der Waals surface area contributed by atoms with Crippen LogP contribution in [-0.4, -0.2) is 48.9 Å². The molecule has 0 aromatic carbocycles. The topological polar surface area (TPSA) is 23.6 Å². The van der Waals surface area contributed by atoms with Gasteiger partial charge in [0.1, 0.15) is 0 Å². The molecule has 1 aliphatic rings. The van der Waals surface area contributed by atoms with Crippen molar-refractivity contribution in [3.63, 3.8) is 0 Å². The molecule has 1 unspecified atom stereocenters. The first-order valence-corrected chi connectivity index (χ1v) is 5.45. The average molecular weight is 198 g/mol. The molecule has 1 fully saturated rings. The third-order valence-electron chi connectivity index (χ3n) is 2.81. The Hall–Kier alpha value is -0.570. The number of piperidine rings is 1. The highest BCUT2D eigenvalue weighted by Gasteiger charge is 2.27. The Morgan fingerprint density at radius 1 is 1.50 bits per heavy atom. The van der Waals surface area contributed by atoms with E-state index in [0.717, 1.165) is 25.9 Å². The number of amides is 1. The predicted molar refractivity (Wildman–Crippen MR) is 58.1 cm³/mol. The van der Waals surface area contributed by atoms with Crippen molar-refractivity contribution in [2.24, 2.45) is 5.92 Å². The third-order valence-corrected chi connectivity index (χ3v) is 2.81. The van der Waals surface area contributed by atoms with Gasteiger partial charge in [-0.3, -0.25) is 4.79 Å². The van der Waals surface area contributed by atoms with Crippen LogP contribution in [-0.2, 0) is 4.79 Å². The molecule has 0 N–H and O–H groups in total. The molecule has 0 aromatic rings. The molecular weight excluding hydrogens is 176 g/mol. The van der Waals surface area contributed by atoms with Crippen LogP contribution in [0.4, 0.5) is 0 Å². The second kappa shape index (κ2) is 4.78. The van der Waals surface area contributed by atoms with Crippen molar-refractivity contribution in [1.29, 1.82) is 0 Å². The number of carbonyl (C=O) groups is 1. The van der Waals surface area contributed by atoms with E-state index in [0.29, 0.717) is 17.9 Å². The van der Waals surface area contributed by atoms with Crippen molar-refractivity contribution in [2.75, 3.05) is 27.2 Å². The maximum Gasteiger partial charge on any atom is 0.223 e. The zero-order valence-electron chi connectivity index (χ0n) is 9.79. The third kappa shape index (κ3) is 2.98. The Morgan fingerprint density at radius 3 is 2.57 bits per heavy atom. The van der Waals surface area contributed by atoms with Crippen molar-refractivity contribution in [2.45, 2.75) is 32.7 Å². The van der Waals surface area contributed by atoms with Crippen LogP contribution in [0.2, 0.25) is 0 Å². The van der Waals surface area contributed by atoms with Crippen LogP contribution in [0.25, 0.3) is 0 Å². The highest BCUT2D eigenvalue weighted by molar-refractivity contribution is 5.77. The van der Waals surface area contributed by atoms with Gasteiger partial charge in [-0.1, -0.05) is 0 Å². The summed E-state index contributed by atoms with van der Waals surface area (Å²) < 4.78 is 0. The van der Waals surface area contributed by atoms with Gasteiger partial charge in [-0.2, -0.15) is 0 Å². The summed E-state index contributed by atoms with van der Waals surface area (Å²) in [6.45, 7) is 6.15. The molecule has 0 radical (unpaired) electrons. The van der Waals surface area contributed by atoms with Gasteiger partial charge in [0.15, 0.2) is 0 Å². The van der Waals surface area contributed by atoms with Gasteiger partial charge in [-0.15, -0.1) is 0 Å². The lowest BCUT2D eigenvalue weighted by Crippen LogP contribution is -2.44. The molecule has 0 aromatic heterocycles. The van der Waals surface area contributed by atoms with Crippen LogP contribution in [0.1, 0.15) is 26.7 Å². The van der Waals surface area contributed by atoms with E-state index in [2.05, 4.69) is 32.8 Å². The van der Waals surface area contributed by atoms with Crippen LogP contribution in [0.15, 0.2) is 0 Å². The number of nitrogens with zero attached hydrogens (tertiary/aromatic N) is 2. The Balaban J connectivity index is 2.43. The lowest BCUT2D eigenvalue weighted by Gasteiger charge is -2.35. The van der Waals surface area contributed by atoms with E-state index in [1.54, 1.807) is 0 Å². The van der Waals surface area contributed by atoms with Gasteiger partial charge in [-0.25, -0.2) is 0 Å². The minimum atomic E-state index is 0.332.